The van der Waals surface area contributed by atoms with Crippen molar-refractivity contribution in [3.63, 3.8) is 0 Å². The molecule has 2 heterocycles. The fourth-order valence-electron chi connectivity index (χ4n) is 2.67. The minimum absolute atomic E-state index is 0.375. The van der Waals surface area contributed by atoms with Crippen LogP contribution in [-0.4, -0.2) is 15.3 Å². The molecule has 6 heteroatoms. The van der Waals surface area contributed by atoms with Crippen molar-refractivity contribution in [3.8, 4) is 22.7 Å². The van der Waals surface area contributed by atoms with Gasteiger partial charge in [0.05, 0.1) is 5.02 Å². The molecule has 25 heavy (non-hydrogen) atoms. The quantitative estimate of drug-likeness (QED) is 0.520. The van der Waals surface area contributed by atoms with Gasteiger partial charge in [-0.25, -0.2) is 0 Å². The molecule has 0 amide bonds. The SMILES string of the molecule is Cc1onc(-c2ccccc2Cl)c1-c1nc(Cc2ccccc2)no1. The first-order chi connectivity index (χ1) is 12.2. The van der Waals surface area contributed by atoms with Gasteiger partial charge >= 0.3 is 0 Å². The highest BCUT2D eigenvalue weighted by Gasteiger charge is 2.23. The molecule has 0 aliphatic carbocycles. The largest absolute Gasteiger partial charge is 0.360 e. The van der Waals surface area contributed by atoms with Crippen LogP contribution in [0.4, 0.5) is 0 Å². The van der Waals surface area contributed by atoms with Crippen LogP contribution in [0.5, 0.6) is 0 Å². The average molecular weight is 352 g/mol. The number of halogens is 1. The number of aromatic nitrogens is 3. The number of hydrogen-bond donors (Lipinski definition) is 0. The number of benzene rings is 2. The van der Waals surface area contributed by atoms with E-state index in [1.54, 1.807) is 6.07 Å². The predicted octanol–water partition coefficient (Wildman–Crippen LogP) is 4.94. The summed E-state index contributed by atoms with van der Waals surface area (Å²) in [5, 5.41) is 8.79. The van der Waals surface area contributed by atoms with Gasteiger partial charge in [0, 0.05) is 12.0 Å². The normalized spacial score (nSPS) is 11.0. The standard InChI is InChI=1S/C19H14ClN3O2/c1-12-17(18(23-24-12)14-9-5-6-10-15(14)20)19-21-16(22-25-19)11-13-7-3-2-4-8-13/h2-10H,11H2,1H3. The smallest absolute Gasteiger partial charge is 0.263 e. The summed E-state index contributed by atoms with van der Waals surface area (Å²) in [4.78, 5) is 4.50. The van der Waals surface area contributed by atoms with Gasteiger partial charge in [0.15, 0.2) is 5.82 Å². The van der Waals surface area contributed by atoms with Crippen LogP contribution in [0.3, 0.4) is 0 Å². The Morgan fingerprint density at radius 1 is 0.920 bits per heavy atom. The van der Waals surface area contributed by atoms with Crippen LogP contribution < -0.4 is 0 Å². The minimum Gasteiger partial charge on any atom is -0.360 e. The molecule has 124 valence electrons. The van der Waals surface area contributed by atoms with Crippen LogP contribution in [0.25, 0.3) is 22.7 Å². The lowest BCUT2D eigenvalue weighted by molar-refractivity contribution is 0.397. The summed E-state index contributed by atoms with van der Waals surface area (Å²) in [6.45, 7) is 1.81. The van der Waals surface area contributed by atoms with Crippen LogP contribution in [-0.2, 0) is 6.42 Å². The second kappa shape index (κ2) is 6.53. The molecule has 2 aromatic heterocycles. The third kappa shape index (κ3) is 3.06. The molecule has 5 nitrogen and oxygen atoms in total. The third-order valence-corrected chi connectivity index (χ3v) is 4.21. The lowest BCUT2D eigenvalue weighted by Crippen LogP contribution is -1.90. The summed E-state index contributed by atoms with van der Waals surface area (Å²) in [5.74, 6) is 1.58. The Bertz CT molecular complexity index is 1010. The summed E-state index contributed by atoms with van der Waals surface area (Å²) in [7, 11) is 0. The van der Waals surface area contributed by atoms with Crippen molar-refractivity contribution in [1.82, 2.24) is 15.3 Å². The van der Waals surface area contributed by atoms with Gasteiger partial charge in [0.1, 0.15) is 17.0 Å². The van der Waals surface area contributed by atoms with Gasteiger partial charge in [-0.2, -0.15) is 4.98 Å². The zero-order valence-corrected chi connectivity index (χ0v) is 14.2. The predicted molar refractivity (Wildman–Crippen MR) is 94.2 cm³/mol. The molecule has 0 aliphatic rings. The van der Waals surface area contributed by atoms with E-state index >= 15 is 0 Å². The molecule has 0 unspecified atom stereocenters. The van der Waals surface area contributed by atoms with Gasteiger partial charge in [-0.15, -0.1) is 0 Å². The second-order valence-electron chi connectivity index (χ2n) is 5.62. The van der Waals surface area contributed by atoms with Crippen molar-refractivity contribution in [1.29, 1.82) is 0 Å². The Morgan fingerprint density at radius 2 is 1.68 bits per heavy atom. The van der Waals surface area contributed by atoms with Crippen molar-refractivity contribution >= 4 is 11.6 Å². The Morgan fingerprint density at radius 3 is 2.48 bits per heavy atom. The minimum atomic E-state index is 0.375. The fraction of sp³-hybridized carbons (Fsp3) is 0.105. The van der Waals surface area contributed by atoms with Crippen molar-refractivity contribution in [2.75, 3.05) is 0 Å². The molecule has 0 saturated carbocycles. The van der Waals surface area contributed by atoms with E-state index < -0.39 is 0 Å². The van der Waals surface area contributed by atoms with Crippen molar-refractivity contribution in [3.05, 3.63) is 76.8 Å². The van der Waals surface area contributed by atoms with Crippen LogP contribution in [0.2, 0.25) is 5.02 Å². The van der Waals surface area contributed by atoms with E-state index in [1.165, 1.54) is 0 Å². The summed E-state index contributed by atoms with van der Waals surface area (Å²) in [6, 6.07) is 17.4. The first-order valence-corrected chi connectivity index (χ1v) is 8.18. The topological polar surface area (TPSA) is 65.0 Å². The van der Waals surface area contributed by atoms with E-state index in [2.05, 4.69) is 15.3 Å². The van der Waals surface area contributed by atoms with E-state index in [9.17, 15) is 0 Å². The summed E-state index contributed by atoms with van der Waals surface area (Å²) in [6.07, 6.45) is 0.593. The van der Waals surface area contributed by atoms with Crippen molar-refractivity contribution < 1.29 is 9.05 Å². The number of hydrogen-bond acceptors (Lipinski definition) is 5. The summed E-state index contributed by atoms with van der Waals surface area (Å²) < 4.78 is 10.8. The van der Waals surface area contributed by atoms with E-state index in [0.29, 0.717) is 40.2 Å². The Labute approximate surface area is 149 Å². The van der Waals surface area contributed by atoms with Gasteiger partial charge in [0.2, 0.25) is 0 Å². The highest BCUT2D eigenvalue weighted by Crippen LogP contribution is 2.36. The van der Waals surface area contributed by atoms with E-state index in [4.69, 9.17) is 20.6 Å². The van der Waals surface area contributed by atoms with Gasteiger partial charge in [0.25, 0.3) is 5.89 Å². The monoisotopic (exact) mass is 351 g/mol. The molecule has 0 saturated heterocycles. The highest BCUT2D eigenvalue weighted by atomic mass is 35.5. The number of aryl methyl sites for hydroxylation is 1. The molecular formula is C19H14ClN3O2. The molecular weight excluding hydrogens is 338 g/mol. The van der Waals surface area contributed by atoms with Crippen LogP contribution in [0.1, 0.15) is 17.1 Å². The second-order valence-corrected chi connectivity index (χ2v) is 6.03. The molecule has 0 spiro atoms. The Kier molecular flexibility index (Phi) is 4.07. The maximum atomic E-state index is 6.29. The maximum Gasteiger partial charge on any atom is 0.263 e. The third-order valence-electron chi connectivity index (χ3n) is 3.88. The van der Waals surface area contributed by atoms with Gasteiger partial charge < -0.3 is 9.05 Å². The van der Waals surface area contributed by atoms with Crippen molar-refractivity contribution in [2.24, 2.45) is 0 Å². The molecule has 0 fully saturated rings. The van der Waals surface area contributed by atoms with Crippen LogP contribution in [0, 0.1) is 6.92 Å². The number of nitrogens with zero attached hydrogens (tertiary/aromatic N) is 3. The number of rotatable bonds is 4. The molecule has 4 aromatic rings. The fourth-order valence-corrected chi connectivity index (χ4v) is 2.89. The highest BCUT2D eigenvalue weighted by molar-refractivity contribution is 6.33. The molecule has 4 rings (SSSR count). The van der Waals surface area contributed by atoms with Crippen LogP contribution in [0.15, 0.2) is 63.6 Å². The van der Waals surface area contributed by atoms with Gasteiger partial charge in [-0.1, -0.05) is 70.4 Å². The molecule has 0 aliphatic heterocycles. The first-order valence-electron chi connectivity index (χ1n) is 7.80. The average Bonchev–Trinajstić information content (AvgIpc) is 3.22. The zero-order valence-electron chi connectivity index (χ0n) is 13.4. The lowest BCUT2D eigenvalue weighted by atomic mass is 10.1. The molecule has 0 bridgehead atoms. The maximum absolute atomic E-state index is 6.29. The Hall–Kier alpha value is -2.92. The first kappa shape index (κ1) is 15.6. The molecule has 0 atom stereocenters. The van der Waals surface area contributed by atoms with Crippen LogP contribution >= 0.6 is 11.6 Å². The zero-order chi connectivity index (χ0) is 17.2. The van der Waals surface area contributed by atoms with E-state index in [-0.39, 0.29) is 0 Å². The Balaban J connectivity index is 1.72. The lowest BCUT2D eigenvalue weighted by Gasteiger charge is -2.00. The molecule has 0 N–H and O–H groups in total. The molecule has 0 radical (unpaired) electrons. The summed E-state index contributed by atoms with van der Waals surface area (Å²) in [5.41, 5.74) is 3.14. The van der Waals surface area contributed by atoms with Gasteiger partial charge in [-0.3, -0.25) is 0 Å². The van der Waals surface area contributed by atoms with Gasteiger partial charge in [-0.05, 0) is 18.6 Å². The van der Waals surface area contributed by atoms with Crippen molar-refractivity contribution in [2.45, 2.75) is 13.3 Å². The summed E-state index contributed by atoms with van der Waals surface area (Å²) >= 11 is 6.29. The molecule has 2 aromatic carbocycles. The van der Waals surface area contributed by atoms with E-state index in [1.807, 2.05) is 55.5 Å². The van der Waals surface area contributed by atoms with E-state index in [0.717, 1.165) is 11.1 Å².